The monoisotopic (exact) mass is 339 g/mol. The van der Waals surface area contributed by atoms with Gasteiger partial charge in [0.05, 0.1) is 5.52 Å². The summed E-state index contributed by atoms with van der Waals surface area (Å²) in [5.74, 6) is 1.50. The standard InChI is InChI=1S/C16H17N7S/c1-23(2)7-6-17-16-12-5-8-24-14(12)11-4-3-10(9-13(11)18-16)15-19-21-22-20-15/h3-5,8-9H,6-7H2,1-2H3,(H,17,18)(H,19,20,21,22). The molecule has 4 aromatic rings. The van der Waals surface area contributed by atoms with Gasteiger partial charge in [0.2, 0.25) is 5.82 Å². The summed E-state index contributed by atoms with van der Waals surface area (Å²) in [4.78, 5) is 6.98. The van der Waals surface area contributed by atoms with E-state index in [0.29, 0.717) is 5.82 Å². The third-order valence-corrected chi connectivity index (χ3v) is 4.80. The van der Waals surface area contributed by atoms with Gasteiger partial charge < -0.3 is 10.2 Å². The van der Waals surface area contributed by atoms with Crippen LogP contribution >= 0.6 is 11.3 Å². The second-order valence-corrected chi connectivity index (χ2v) is 6.74. The molecule has 4 rings (SSSR count). The van der Waals surface area contributed by atoms with E-state index in [1.54, 1.807) is 11.3 Å². The molecule has 0 aliphatic heterocycles. The number of tetrazole rings is 1. The molecule has 0 unspecified atom stereocenters. The highest BCUT2D eigenvalue weighted by molar-refractivity contribution is 7.18. The molecule has 0 atom stereocenters. The minimum atomic E-state index is 0.576. The molecule has 0 aliphatic carbocycles. The Morgan fingerprint density at radius 2 is 2.12 bits per heavy atom. The highest BCUT2D eigenvalue weighted by atomic mass is 32.1. The first kappa shape index (κ1) is 15.0. The van der Waals surface area contributed by atoms with Crippen LogP contribution in [0.15, 0.2) is 29.6 Å². The van der Waals surface area contributed by atoms with Gasteiger partial charge in [0.15, 0.2) is 0 Å². The van der Waals surface area contributed by atoms with Gasteiger partial charge >= 0.3 is 0 Å². The van der Waals surface area contributed by atoms with Crippen molar-refractivity contribution in [2.24, 2.45) is 0 Å². The number of nitrogens with zero attached hydrogens (tertiary/aromatic N) is 5. The van der Waals surface area contributed by atoms with Gasteiger partial charge in [-0.3, -0.25) is 0 Å². The first-order chi connectivity index (χ1) is 11.7. The molecule has 0 spiro atoms. The number of thiophene rings is 1. The van der Waals surface area contributed by atoms with Crippen molar-refractivity contribution in [3.63, 3.8) is 0 Å². The SMILES string of the molecule is CN(C)CCNc1nc2cc(-c3nn[nH]n3)ccc2c2sccc12. The van der Waals surface area contributed by atoms with Crippen LogP contribution in [0, 0.1) is 0 Å². The first-order valence-electron chi connectivity index (χ1n) is 7.66. The molecule has 0 radical (unpaired) electrons. The van der Waals surface area contributed by atoms with Crippen LogP contribution in [0.4, 0.5) is 5.82 Å². The number of nitrogens with one attached hydrogen (secondary N) is 2. The normalized spacial score (nSPS) is 11.6. The van der Waals surface area contributed by atoms with Gasteiger partial charge in [-0.1, -0.05) is 12.1 Å². The average molecular weight is 339 g/mol. The summed E-state index contributed by atoms with van der Waals surface area (Å²) >= 11 is 1.73. The molecule has 2 N–H and O–H groups in total. The zero-order valence-electron chi connectivity index (χ0n) is 13.4. The number of fused-ring (bicyclic) bond motifs is 3. The highest BCUT2D eigenvalue weighted by Crippen LogP contribution is 2.34. The summed E-state index contributed by atoms with van der Waals surface area (Å²) in [6.45, 7) is 1.80. The summed E-state index contributed by atoms with van der Waals surface area (Å²) in [7, 11) is 4.12. The number of anilines is 1. The molecule has 8 heteroatoms. The predicted octanol–water partition coefficient (Wildman–Crippen LogP) is 2.60. The van der Waals surface area contributed by atoms with Crippen molar-refractivity contribution >= 4 is 38.1 Å². The van der Waals surface area contributed by atoms with E-state index in [2.05, 4.69) is 62.4 Å². The van der Waals surface area contributed by atoms with E-state index in [9.17, 15) is 0 Å². The fourth-order valence-electron chi connectivity index (χ4n) is 2.66. The van der Waals surface area contributed by atoms with Crippen LogP contribution in [0.3, 0.4) is 0 Å². The minimum absolute atomic E-state index is 0.576. The predicted molar refractivity (Wildman–Crippen MR) is 97.3 cm³/mol. The Kier molecular flexibility index (Phi) is 3.83. The van der Waals surface area contributed by atoms with E-state index in [1.807, 2.05) is 12.1 Å². The molecule has 0 bridgehead atoms. The number of rotatable bonds is 5. The maximum atomic E-state index is 4.83. The summed E-state index contributed by atoms with van der Waals surface area (Å²) in [5.41, 5.74) is 1.83. The molecule has 0 amide bonds. The maximum Gasteiger partial charge on any atom is 0.204 e. The third kappa shape index (κ3) is 2.70. The van der Waals surface area contributed by atoms with Crippen molar-refractivity contribution in [2.75, 3.05) is 32.5 Å². The fourth-order valence-corrected chi connectivity index (χ4v) is 3.59. The van der Waals surface area contributed by atoms with Gasteiger partial charge in [-0.25, -0.2) is 4.98 Å². The molecule has 0 aliphatic rings. The molecule has 0 saturated carbocycles. The van der Waals surface area contributed by atoms with E-state index in [0.717, 1.165) is 35.4 Å². The van der Waals surface area contributed by atoms with Crippen molar-refractivity contribution in [1.82, 2.24) is 30.5 Å². The lowest BCUT2D eigenvalue weighted by molar-refractivity contribution is 0.425. The maximum absolute atomic E-state index is 4.83. The van der Waals surface area contributed by atoms with Crippen LogP contribution < -0.4 is 5.32 Å². The number of hydrogen-bond donors (Lipinski definition) is 2. The van der Waals surface area contributed by atoms with Gasteiger partial charge in [-0.15, -0.1) is 21.5 Å². The molecule has 0 saturated heterocycles. The lowest BCUT2D eigenvalue weighted by atomic mass is 10.1. The largest absolute Gasteiger partial charge is 0.368 e. The molecular formula is C16H17N7S. The zero-order chi connectivity index (χ0) is 16.5. The van der Waals surface area contributed by atoms with E-state index >= 15 is 0 Å². The number of H-pyrrole nitrogens is 1. The fraction of sp³-hybridized carbons (Fsp3) is 0.250. The lowest BCUT2D eigenvalue weighted by Gasteiger charge is -2.12. The van der Waals surface area contributed by atoms with Crippen LogP contribution in [0.1, 0.15) is 0 Å². The summed E-state index contributed by atoms with van der Waals surface area (Å²) < 4.78 is 1.24. The highest BCUT2D eigenvalue weighted by Gasteiger charge is 2.11. The zero-order valence-corrected chi connectivity index (χ0v) is 14.3. The average Bonchev–Trinajstić information content (AvgIpc) is 3.26. The molecule has 7 nitrogen and oxygen atoms in total. The topological polar surface area (TPSA) is 82.6 Å². The van der Waals surface area contributed by atoms with E-state index < -0.39 is 0 Å². The van der Waals surface area contributed by atoms with Crippen molar-refractivity contribution in [3.05, 3.63) is 29.6 Å². The van der Waals surface area contributed by atoms with Crippen molar-refractivity contribution in [3.8, 4) is 11.4 Å². The number of aromatic amines is 1. The Morgan fingerprint density at radius 3 is 2.92 bits per heavy atom. The molecule has 122 valence electrons. The Balaban J connectivity index is 1.80. The Bertz CT molecular complexity index is 975. The number of likely N-dealkylation sites (N-methyl/N-ethyl adjacent to an activating group) is 1. The summed E-state index contributed by atoms with van der Waals surface area (Å²) in [5, 5.41) is 22.1. The van der Waals surface area contributed by atoms with Crippen molar-refractivity contribution in [1.29, 1.82) is 0 Å². The number of aromatic nitrogens is 5. The minimum Gasteiger partial charge on any atom is -0.368 e. The van der Waals surface area contributed by atoms with Gasteiger partial charge in [-0.05, 0) is 36.8 Å². The summed E-state index contributed by atoms with van der Waals surface area (Å²) in [6, 6.07) is 8.22. The van der Waals surface area contributed by atoms with Crippen LogP contribution in [0.25, 0.3) is 32.4 Å². The van der Waals surface area contributed by atoms with Gasteiger partial charge in [0, 0.05) is 34.1 Å². The second-order valence-electron chi connectivity index (χ2n) is 5.82. The first-order valence-corrected chi connectivity index (χ1v) is 8.54. The smallest absolute Gasteiger partial charge is 0.204 e. The van der Waals surface area contributed by atoms with Crippen LogP contribution in [0.5, 0.6) is 0 Å². The van der Waals surface area contributed by atoms with E-state index in [-0.39, 0.29) is 0 Å². The molecule has 0 fully saturated rings. The van der Waals surface area contributed by atoms with Crippen LogP contribution in [-0.4, -0.2) is 57.7 Å². The molecule has 24 heavy (non-hydrogen) atoms. The molecular weight excluding hydrogens is 322 g/mol. The van der Waals surface area contributed by atoms with Gasteiger partial charge in [0.25, 0.3) is 0 Å². The van der Waals surface area contributed by atoms with Gasteiger partial charge in [-0.2, -0.15) is 5.21 Å². The Hall–Kier alpha value is -2.58. The molecule has 3 aromatic heterocycles. The number of hydrogen-bond acceptors (Lipinski definition) is 7. The van der Waals surface area contributed by atoms with Crippen LogP contribution in [-0.2, 0) is 0 Å². The number of pyridine rings is 1. The third-order valence-electron chi connectivity index (χ3n) is 3.85. The Morgan fingerprint density at radius 1 is 1.21 bits per heavy atom. The molecule has 3 heterocycles. The van der Waals surface area contributed by atoms with E-state index in [1.165, 1.54) is 10.1 Å². The van der Waals surface area contributed by atoms with E-state index in [4.69, 9.17) is 4.98 Å². The lowest BCUT2D eigenvalue weighted by Crippen LogP contribution is -2.21. The molecule has 1 aromatic carbocycles. The number of benzene rings is 1. The van der Waals surface area contributed by atoms with Crippen molar-refractivity contribution in [2.45, 2.75) is 0 Å². The second kappa shape index (κ2) is 6.14. The van der Waals surface area contributed by atoms with Crippen LogP contribution in [0.2, 0.25) is 0 Å². The Labute approximate surface area is 142 Å². The van der Waals surface area contributed by atoms with Crippen molar-refractivity contribution < 1.29 is 0 Å². The quantitative estimate of drug-likeness (QED) is 0.581. The van der Waals surface area contributed by atoms with Gasteiger partial charge in [0.1, 0.15) is 5.82 Å². The summed E-state index contributed by atoms with van der Waals surface area (Å²) in [6.07, 6.45) is 0.